The number of carbonyl (C=O) groups excluding carboxylic acids is 1. The maximum Gasteiger partial charge on any atom is 0.230 e. The van der Waals surface area contributed by atoms with Crippen LogP contribution < -0.4 is 11.1 Å². The lowest BCUT2D eigenvalue weighted by Crippen LogP contribution is -2.50. The number of hydrogen-bond donors (Lipinski definition) is 2. The van der Waals surface area contributed by atoms with Gasteiger partial charge in [-0.05, 0) is 19.8 Å². The highest BCUT2D eigenvalue weighted by molar-refractivity contribution is 5.83. The fraction of sp³-hybridized carbons (Fsp3) is 0.929. The van der Waals surface area contributed by atoms with Gasteiger partial charge >= 0.3 is 0 Å². The Balaban J connectivity index is 1.63. The van der Waals surface area contributed by atoms with Gasteiger partial charge in [-0.3, -0.25) is 4.79 Å². The van der Waals surface area contributed by atoms with E-state index < -0.39 is 5.41 Å². The average molecular weight is 270 g/mol. The molecular formula is C14H26N2O3. The summed E-state index contributed by atoms with van der Waals surface area (Å²) in [6.45, 7) is 3.87. The molecule has 1 amide bonds. The molecule has 2 fully saturated rings. The Morgan fingerprint density at radius 2 is 2.16 bits per heavy atom. The van der Waals surface area contributed by atoms with Crippen LogP contribution in [0.4, 0.5) is 0 Å². The summed E-state index contributed by atoms with van der Waals surface area (Å²) in [7, 11) is 0. The van der Waals surface area contributed by atoms with Crippen LogP contribution in [-0.4, -0.2) is 44.4 Å². The van der Waals surface area contributed by atoms with Crippen molar-refractivity contribution in [2.24, 2.45) is 11.1 Å². The third kappa shape index (κ3) is 3.68. The molecule has 0 aromatic heterocycles. The first-order valence-corrected chi connectivity index (χ1v) is 7.36. The first-order valence-electron chi connectivity index (χ1n) is 7.36. The molecule has 0 aromatic carbocycles. The van der Waals surface area contributed by atoms with Gasteiger partial charge in [0.1, 0.15) is 0 Å². The molecule has 0 spiro atoms. The molecule has 3 N–H and O–H groups in total. The van der Waals surface area contributed by atoms with Crippen LogP contribution >= 0.6 is 0 Å². The summed E-state index contributed by atoms with van der Waals surface area (Å²) in [6.07, 6.45) is 6.56. The summed E-state index contributed by atoms with van der Waals surface area (Å²) in [4.78, 5) is 12.1. The topological polar surface area (TPSA) is 73.6 Å². The van der Waals surface area contributed by atoms with Crippen LogP contribution in [0.15, 0.2) is 0 Å². The molecule has 1 heterocycles. The van der Waals surface area contributed by atoms with Crippen LogP contribution in [0.25, 0.3) is 0 Å². The minimum atomic E-state index is -0.592. The zero-order valence-corrected chi connectivity index (χ0v) is 11.8. The Kier molecular flexibility index (Phi) is 5.19. The third-order valence-electron chi connectivity index (χ3n) is 4.33. The maximum absolute atomic E-state index is 12.1. The predicted molar refractivity (Wildman–Crippen MR) is 72.7 cm³/mol. The van der Waals surface area contributed by atoms with Crippen molar-refractivity contribution in [2.75, 3.05) is 26.4 Å². The largest absolute Gasteiger partial charge is 0.379 e. The first-order chi connectivity index (χ1) is 9.13. The number of nitrogens with two attached hydrogens (primary N) is 1. The molecule has 5 nitrogen and oxygen atoms in total. The van der Waals surface area contributed by atoms with E-state index in [-0.39, 0.29) is 11.9 Å². The summed E-state index contributed by atoms with van der Waals surface area (Å²) in [5.74, 6) is -0.0234. The third-order valence-corrected chi connectivity index (χ3v) is 4.33. The molecule has 2 atom stereocenters. The molecule has 5 heteroatoms. The summed E-state index contributed by atoms with van der Waals surface area (Å²) in [5, 5.41) is 2.91. The Morgan fingerprint density at radius 1 is 1.42 bits per heavy atom. The van der Waals surface area contributed by atoms with Crippen molar-refractivity contribution in [3.63, 3.8) is 0 Å². The standard InChI is InChI=1S/C14H26N2O3/c1-14(10-18-9-12(14)15)13(17)16-7-8-19-11-5-3-2-4-6-11/h11-12H,2-10,15H2,1H3,(H,16,17). The molecule has 1 aliphatic heterocycles. The Morgan fingerprint density at radius 3 is 2.79 bits per heavy atom. The number of hydrogen-bond acceptors (Lipinski definition) is 4. The first kappa shape index (κ1) is 14.8. The van der Waals surface area contributed by atoms with E-state index in [1.165, 1.54) is 19.3 Å². The molecular weight excluding hydrogens is 244 g/mol. The molecule has 1 saturated heterocycles. The average Bonchev–Trinajstić information content (AvgIpc) is 2.77. The van der Waals surface area contributed by atoms with E-state index in [4.69, 9.17) is 15.2 Å². The normalized spacial score (nSPS) is 32.4. The van der Waals surface area contributed by atoms with Crippen LogP contribution in [-0.2, 0) is 14.3 Å². The number of nitrogens with one attached hydrogen (secondary N) is 1. The lowest BCUT2D eigenvalue weighted by molar-refractivity contribution is -0.131. The van der Waals surface area contributed by atoms with Gasteiger partial charge in [0.2, 0.25) is 5.91 Å². The Hall–Kier alpha value is -0.650. The molecule has 1 saturated carbocycles. The van der Waals surface area contributed by atoms with E-state index >= 15 is 0 Å². The van der Waals surface area contributed by atoms with E-state index in [1.54, 1.807) is 0 Å². The van der Waals surface area contributed by atoms with Gasteiger partial charge < -0.3 is 20.5 Å². The van der Waals surface area contributed by atoms with Crippen molar-refractivity contribution in [2.45, 2.75) is 51.2 Å². The van der Waals surface area contributed by atoms with Crippen LogP contribution in [0.1, 0.15) is 39.0 Å². The zero-order chi connectivity index (χ0) is 13.7. The number of rotatable bonds is 5. The number of amides is 1. The molecule has 19 heavy (non-hydrogen) atoms. The molecule has 0 aromatic rings. The quantitative estimate of drug-likeness (QED) is 0.725. The highest BCUT2D eigenvalue weighted by Crippen LogP contribution is 2.27. The molecule has 2 rings (SSSR count). The van der Waals surface area contributed by atoms with Gasteiger partial charge in [-0.2, -0.15) is 0 Å². The van der Waals surface area contributed by atoms with E-state index in [1.807, 2.05) is 6.92 Å². The molecule has 0 bridgehead atoms. The molecule has 2 aliphatic rings. The summed E-state index contributed by atoms with van der Waals surface area (Å²) in [6, 6.07) is -0.216. The van der Waals surface area contributed by atoms with E-state index in [9.17, 15) is 4.79 Å². The smallest absolute Gasteiger partial charge is 0.230 e. The molecule has 1 aliphatic carbocycles. The highest BCUT2D eigenvalue weighted by Gasteiger charge is 2.44. The van der Waals surface area contributed by atoms with Crippen molar-refractivity contribution >= 4 is 5.91 Å². The Labute approximate surface area is 115 Å². The van der Waals surface area contributed by atoms with Crippen LogP contribution in [0, 0.1) is 5.41 Å². The second-order valence-electron chi connectivity index (χ2n) is 5.93. The molecule has 110 valence electrons. The van der Waals surface area contributed by atoms with E-state index in [2.05, 4.69) is 5.32 Å². The van der Waals surface area contributed by atoms with E-state index in [0.717, 1.165) is 12.8 Å². The van der Waals surface area contributed by atoms with Crippen molar-refractivity contribution in [1.82, 2.24) is 5.32 Å². The van der Waals surface area contributed by atoms with Gasteiger partial charge in [-0.25, -0.2) is 0 Å². The number of ether oxygens (including phenoxy) is 2. The monoisotopic (exact) mass is 270 g/mol. The lowest BCUT2D eigenvalue weighted by atomic mass is 9.85. The van der Waals surface area contributed by atoms with Crippen molar-refractivity contribution in [3.05, 3.63) is 0 Å². The minimum Gasteiger partial charge on any atom is -0.379 e. The SMILES string of the molecule is CC1(C(=O)NCCOC2CCCCC2)COCC1N. The summed E-state index contributed by atoms with van der Waals surface area (Å²) >= 11 is 0. The second kappa shape index (κ2) is 6.68. The minimum absolute atomic E-state index is 0.0234. The van der Waals surface area contributed by atoms with Gasteiger partial charge in [-0.1, -0.05) is 19.3 Å². The van der Waals surface area contributed by atoms with E-state index in [0.29, 0.717) is 32.5 Å². The number of carbonyl (C=O) groups is 1. The summed E-state index contributed by atoms with van der Waals surface area (Å²) < 4.78 is 11.1. The maximum atomic E-state index is 12.1. The van der Waals surface area contributed by atoms with Gasteiger partial charge in [0.05, 0.1) is 31.3 Å². The highest BCUT2D eigenvalue weighted by atomic mass is 16.5. The molecule has 0 radical (unpaired) electrons. The zero-order valence-electron chi connectivity index (χ0n) is 11.8. The van der Waals surface area contributed by atoms with Gasteiger partial charge in [0.15, 0.2) is 0 Å². The van der Waals surface area contributed by atoms with Gasteiger partial charge in [0.25, 0.3) is 0 Å². The summed E-state index contributed by atoms with van der Waals surface area (Å²) in [5.41, 5.74) is 5.33. The fourth-order valence-electron chi connectivity index (χ4n) is 2.75. The van der Waals surface area contributed by atoms with Crippen molar-refractivity contribution < 1.29 is 14.3 Å². The van der Waals surface area contributed by atoms with Crippen LogP contribution in [0.2, 0.25) is 0 Å². The van der Waals surface area contributed by atoms with Gasteiger partial charge in [-0.15, -0.1) is 0 Å². The van der Waals surface area contributed by atoms with Crippen molar-refractivity contribution in [3.8, 4) is 0 Å². The van der Waals surface area contributed by atoms with Gasteiger partial charge in [0, 0.05) is 12.6 Å². The van der Waals surface area contributed by atoms with Crippen LogP contribution in [0.3, 0.4) is 0 Å². The fourth-order valence-corrected chi connectivity index (χ4v) is 2.75. The van der Waals surface area contributed by atoms with Crippen molar-refractivity contribution in [1.29, 1.82) is 0 Å². The second-order valence-corrected chi connectivity index (χ2v) is 5.93. The Bertz CT molecular complexity index is 305. The van der Waals surface area contributed by atoms with Crippen LogP contribution in [0.5, 0.6) is 0 Å². The lowest BCUT2D eigenvalue weighted by Gasteiger charge is -2.26. The predicted octanol–water partition coefficient (Wildman–Crippen LogP) is 0.816. The molecule has 2 unspecified atom stereocenters.